The van der Waals surface area contributed by atoms with Crippen LogP contribution in [0.2, 0.25) is 0 Å². The molecule has 0 aromatic heterocycles. The summed E-state index contributed by atoms with van der Waals surface area (Å²) in [7, 11) is 0. The van der Waals surface area contributed by atoms with Gasteiger partial charge in [0.05, 0.1) is 23.2 Å². The van der Waals surface area contributed by atoms with Gasteiger partial charge in [-0.15, -0.1) is 0 Å². The largest absolute Gasteiger partial charge is 0.872 e. The van der Waals surface area contributed by atoms with E-state index in [1.54, 1.807) is 0 Å². The summed E-state index contributed by atoms with van der Waals surface area (Å²) in [4.78, 5) is 25.4. The van der Waals surface area contributed by atoms with E-state index in [2.05, 4.69) is 0 Å². The number of hydrogen-bond donors (Lipinski definition) is 0. The van der Waals surface area contributed by atoms with Crippen LogP contribution in [0.3, 0.4) is 0 Å². The predicted octanol–water partition coefficient (Wildman–Crippen LogP) is 3.63. The van der Waals surface area contributed by atoms with Gasteiger partial charge in [-0.1, -0.05) is 58.9 Å². The average molecular weight is 364 g/mol. The highest BCUT2D eigenvalue weighted by molar-refractivity contribution is 8.33. The van der Waals surface area contributed by atoms with Crippen molar-refractivity contribution in [1.29, 1.82) is 0 Å². The van der Waals surface area contributed by atoms with Gasteiger partial charge in [-0.3, -0.25) is 14.7 Å². The third kappa shape index (κ3) is 2.13. The van der Waals surface area contributed by atoms with Crippen LogP contribution in [0.25, 0.3) is 0 Å². The second-order valence-corrected chi connectivity index (χ2v) is 9.02. The maximum absolute atomic E-state index is 11.8. The molecule has 0 fully saturated rings. The zero-order chi connectivity index (χ0) is 15.4. The van der Waals surface area contributed by atoms with Crippen LogP contribution in [-0.2, 0) is 14.7 Å². The Balaban J connectivity index is 1.70. The molecule has 0 spiro atoms. The standard InChI is InChI=1S/C14H5O4S4/c15-5-1-2-6(16)10-9(5)19-13(20-10)14-21-11-7(17)3-4-8(18)12(11)22-14/h1-4,15H/p-1. The molecular weight excluding hydrogens is 360 g/mol. The highest BCUT2D eigenvalue weighted by atomic mass is 32.2. The molecule has 1 aromatic rings. The second-order valence-electron chi connectivity index (χ2n) is 4.42. The quantitative estimate of drug-likeness (QED) is 0.651. The molecule has 0 saturated heterocycles. The van der Waals surface area contributed by atoms with Gasteiger partial charge in [0.1, 0.15) is 0 Å². The number of benzene rings is 1. The Labute approximate surface area is 142 Å². The Kier molecular flexibility index (Phi) is 3.37. The van der Waals surface area contributed by atoms with Gasteiger partial charge in [0.25, 0.3) is 0 Å². The summed E-state index contributed by atoms with van der Waals surface area (Å²) in [6, 6.07) is 2.55. The summed E-state index contributed by atoms with van der Waals surface area (Å²) in [6.07, 6.45) is 2.55. The van der Waals surface area contributed by atoms with Gasteiger partial charge >= 0.3 is 0 Å². The lowest BCUT2D eigenvalue weighted by Gasteiger charge is -2.09. The third-order valence-electron chi connectivity index (χ3n) is 3.03. The Morgan fingerprint density at radius 1 is 0.773 bits per heavy atom. The van der Waals surface area contributed by atoms with E-state index in [-0.39, 0.29) is 23.1 Å². The molecule has 1 aromatic carbocycles. The molecular formula is C14H4O4S4-. The lowest BCUT2D eigenvalue weighted by Crippen LogP contribution is -2.07. The van der Waals surface area contributed by atoms with Crippen molar-refractivity contribution in [1.82, 2.24) is 0 Å². The molecule has 22 heavy (non-hydrogen) atoms. The van der Waals surface area contributed by atoms with E-state index in [0.717, 1.165) is 8.47 Å². The van der Waals surface area contributed by atoms with Crippen LogP contribution in [0.1, 0.15) is 0 Å². The fraction of sp³-hybridized carbons (Fsp3) is 0. The van der Waals surface area contributed by atoms with Gasteiger partial charge in [-0.05, 0) is 18.2 Å². The zero-order valence-electron chi connectivity index (χ0n) is 10.6. The molecule has 0 bridgehead atoms. The first-order valence-corrected chi connectivity index (χ1v) is 9.29. The maximum Gasteiger partial charge on any atom is 0.193 e. The Morgan fingerprint density at radius 3 is 1.91 bits per heavy atom. The van der Waals surface area contributed by atoms with E-state index in [1.807, 2.05) is 0 Å². The van der Waals surface area contributed by atoms with Crippen molar-refractivity contribution in [2.45, 2.75) is 9.79 Å². The van der Waals surface area contributed by atoms with Crippen molar-refractivity contribution >= 4 is 58.6 Å². The SMILES string of the molecule is [O]c1ccc([O-])c2c1SC(=C1SC3=C(S1)C(=O)C=CC3=O)S2. The molecule has 8 heteroatoms. The molecule has 4 rings (SSSR count). The van der Waals surface area contributed by atoms with Crippen LogP contribution in [-0.4, -0.2) is 11.6 Å². The van der Waals surface area contributed by atoms with E-state index < -0.39 is 0 Å². The number of allylic oxidation sites excluding steroid dienone is 4. The first-order valence-electron chi connectivity index (χ1n) is 6.02. The van der Waals surface area contributed by atoms with Crippen LogP contribution in [0.15, 0.2) is 52.4 Å². The summed E-state index contributed by atoms with van der Waals surface area (Å²) in [6.45, 7) is 0. The van der Waals surface area contributed by atoms with Gasteiger partial charge in [-0.2, -0.15) is 0 Å². The first-order chi connectivity index (χ1) is 10.5. The van der Waals surface area contributed by atoms with Gasteiger partial charge in [-0.25, -0.2) is 0 Å². The normalized spacial score (nSPS) is 20.0. The van der Waals surface area contributed by atoms with Gasteiger partial charge in [0.15, 0.2) is 17.3 Å². The first kappa shape index (κ1) is 14.4. The predicted molar refractivity (Wildman–Crippen MR) is 86.1 cm³/mol. The van der Waals surface area contributed by atoms with E-state index in [9.17, 15) is 19.8 Å². The average Bonchev–Trinajstić information content (AvgIpc) is 3.12. The van der Waals surface area contributed by atoms with Crippen molar-refractivity contribution in [2.24, 2.45) is 0 Å². The van der Waals surface area contributed by atoms with Crippen LogP contribution < -0.4 is 5.11 Å². The van der Waals surface area contributed by atoms with Gasteiger partial charge < -0.3 is 5.11 Å². The molecule has 0 N–H and O–H groups in total. The molecule has 3 aliphatic rings. The maximum atomic E-state index is 11.8. The van der Waals surface area contributed by atoms with Crippen molar-refractivity contribution in [3.63, 3.8) is 0 Å². The Hall–Kier alpha value is -1.22. The van der Waals surface area contributed by atoms with Crippen LogP contribution in [0, 0.1) is 0 Å². The number of fused-ring (bicyclic) bond motifs is 1. The molecule has 2 aliphatic heterocycles. The van der Waals surface area contributed by atoms with Crippen molar-refractivity contribution in [2.75, 3.05) is 0 Å². The number of rotatable bonds is 0. The van der Waals surface area contributed by atoms with Crippen molar-refractivity contribution in [3.8, 4) is 11.5 Å². The molecule has 2 heterocycles. The van der Waals surface area contributed by atoms with Gasteiger partial charge in [0.2, 0.25) is 0 Å². The van der Waals surface area contributed by atoms with E-state index in [0.29, 0.717) is 19.6 Å². The minimum absolute atomic E-state index is 0.178. The monoisotopic (exact) mass is 364 g/mol. The summed E-state index contributed by atoms with van der Waals surface area (Å²) in [5, 5.41) is 23.7. The van der Waals surface area contributed by atoms with E-state index in [1.165, 1.54) is 71.3 Å². The smallest absolute Gasteiger partial charge is 0.193 e. The number of carbonyl (C=O) groups is 2. The second kappa shape index (κ2) is 5.16. The van der Waals surface area contributed by atoms with Crippen LogP contribution >= 0.6 is 47.0 Å². The van der Waals surface area contributed by atoms with Crippen molar-refractivity contribution < 1.29 is 19.8 Å². The summed E-state index contributed by atoms with van der Waals surface area (Å²) in [5.41, 5.74) is 0. The topological polar surface area (TPSA) is 77.1 Å². The van der Waals surface area contributed by atoms with Crippen LogP contribution in [0.4, 0.5) is 0 Å². The number of ketones is 2. The summed E-state index contributed by atoms with van der Waals surface area (Å²) in [5.74, 6) is -0.714. The Morgan fingerprint density at radius 2 is 1.32 bits per heavy atom. The molecule has 4 nitrogen and oxygen atoms in total. The van der Waals surface area contributed by atoms with E-state index in [4.69, 9.17) is 0 Å². The minimum Gasteiger partial charge on any atom is -0.872 e. The molecule has 1 aliphatic carbocycles. The van der Waals surface area contributed by atoms with Gasteiger partial charge in [0, 0.05) is 4.90 Å². The third-order valence-corrected chi connectivity index (χ3v) is 8.80. The molecule has 0 amide bonds. The molecule has 0 atom stereocenters. The highest BCUT2D eigenvalue weighted by Gasteiger charge is 2.35. The minimum atomic E-state index is -0.178. The number of hydrogen-bond acceptors (Lipinski definition) is 7. The molecule has 1 radical (unpaired) electrons. The lowest BCUT2D eigenvalue weighted by molar-refractivity contribution is -0.272. The number of thioether (sulfide) groups is 4. The molecule has 0 saturated carbocycles. The molecule has 0 unspecified atom stereocenters. The van der Waals surface area contributed by atoms with E-state index >= 15 is 0 Å². The highest BCUT2D eigenvalue weighted by Crippen LogP contribution is 2.63. The Bertz CT molecular complexity index is 786. The lowest BCUT2D eigenvalue weighted by atomic mass is 10.2. The fourth-order valence-electron chi connectivity index (χ4n) is 2.02. The summed E-state index contributed by atoms with van der Waals surface area (Å²) >= 11 is 4.96. The summed E-state index contributed by atoms with van der Waals surface area (Å²) < 4.78 is 1.56. The number of carbonyl (C=O) groups excluding carboxylic acids is 2. The van der Waals surface area contributed by atoms with Crippen LogP contribution in [0.5, 0.6) is 11.5 Å². The molecule has 109 valence electrons. The van der Waals surface area contributed by atoms with Crippen molar-refractivity contribution in [3.05, 3.63) is 42.6 Å². The zero-order valence-corrected chi connectivity index (χ0v) is 13.8. The fourth-order valence-corrected chi connectivity index (χ4v) is 7.37.